The summed E-state index contributed by atoms with van der Waals surface area (Å²) in [6.45, 7) is 8.56. The number of halogens is 1. The number of amides is 2. The Balaban J connectivity index is 1.38. The van der Waals surface area contributed by atoms with Crippen molar-refractivity contribution in [3.05, 3.63) is 83.2 Å². The number of aryl methyl sites for hydroxylation is 1. The highest BCUT2D eigenvalue weighted by Gasteiger charge is 2.37. The molecule has 0 saturated carbocycles. The zero-order valence-corrected chi connectivity index (χ0v) is 20.6. The van der Waals surface area contributed by atoms with E-state index in [-0.39, 0.29) is 23.8 Å². The second-order valence-electron chi connectivity index (χ2n) is 9.79. The number of rotatable bonds is 5. The lowest BCUT2D eigenvalue weighted by atomic mass is 9.99. The van der Waals surface area contributed by atoms with E-state index < -0.39 is 0 Å². The van der Waals surface area contributed by atoms with Gasteiger partial charge in [0, 0.05) is 38.1 Å². The number of carbonyl (C=O) groups excluding carboxylic acids is 1. The van der Waals surface area contributed by atoms with Crippen LogP contribution in [0.2, 0.25) is 0 Å². The van der Waals surface area contributed by atoms with Gasteiger partial charge in [-0.15, -0.1) is 0 Å². The predicted molar refractivity (Wildman–Crippen MR) is 136 cm³/mol. The minimum atomic E-state index is -0.178. The summed E-state index contributed by atoms with van der Waals surface area (Å²) in [5, 5.41) is 0. The van der Waals surface area contributed by atoms with Gasteiger partial charge in [0.15, 0.2) is 0 Å². The lowest BCUT2D eigenvalue weighted by molar-refractivity contribution is 0.159. The van der Waals surface area contributed by atoms with Gasteiger partial charge in [-0.2, -0.15) is 0 Å². The van der Waals surface area contributed by atoms with Crippen molar-refractivity contribution in [1.82, 2.24) is 14.9 Å². The van der Waals surface area contributed by atoms with Gasteiger partial charge in [-0.1, -0.05) is 44.2 Å². The second-order valence-corrected chi connectivity index (χ2v) is 9.79. The van der Waals surface area contributed by atoms with Gasteiger partial charge in [-0.25, -0.2) is 9.18 Å². The average molecular weight is 474 g/mol. The van der Waals surface area contributed by atoms with Crippen LogP contribution in [0.3, 0.4) is 0 Å². The molecule has 3 heterocycles. The van der Waals surface area contributed by atoms with Crippen LogP contribution in [0.5, 0.6) is 0 Å². The number of carbonyl (C=O) groups is 1. The van der Waals surface area contributed by atoms with Crippen LogP contribution < -0.4 is 9.80 Å². The molecule has 6 nitrogen and oxygen atoms in total. The van der Waals surface area contributed by atoms with Gasteiger partial charge >= 0.3 is 6.03 Å². The molecule has 0 atom stereocenters. The molecule has 0 aliphatic carbocycles. The molecule has 35 heavy (non-hydrogen) atoms. The Morgan fingerprint density at radius 1 is 1.03 bits per heavy atom. The van der Waals surface area contributed by atoms with Crippen LogP contribution in [-0.2, 0) is 13.1 Å². The average Bonchev–Trinajstić information content (AvgIpc) is 2.86. The fourth-order valence-electron chi connectivity index (χ4n) is 5.41. The van der Waals surface area contributed by atoms with Crippen molar-refractivity contribution < 1.29 is 9.18 Å². The van der Waals surface area contributed by atoms with Crippen LogP contribution in [0.25, 0.3) is 0 Å². The first kappa shape index (κ1) is 23.3. The molecule has 1 aromatic heterocycles. The van der Waals surface area contributed by atoms with Crippen molar-refractivity contribution in [2.45, 2.75) is 58.7 Å². The summed E-state index contributed by atoms with van der Waals surface area (Å²) in [6.07, 6.45) is 5.01. The van der Waals surface area contributed by atoms with E-state index in [4.69, 9.17) is 0 Å². The normalized spacial score (nSPS) is 16.7. The van der Waals surface area contributed by atoms with Crippen molar-refractivity contribution in [3.8, 4) is 0 Å². The highest BCUT2D eigenvalue weighted by atomic mass is 19.1. The standard InChI is InChI=1S/C28H32FN5O/c1-19(2)26-24(30-13-14-31-26)18-34-25-10-5-4-8-21(25)17-33(28(34)35)22-11-15-32(16-12-22)27-20(3)7-6-9-23(27)29/h4-10,13-14,19,22H,11-12,15-18H2,1-3H3. The van der Waals surface area contributed by atoms with E-state index in [2.05, 4.69) is 34.8 Å². The Kier molecular flexibility index (Phi) is 6.41. The lowest BCUT2D eigenvalue weighted by Crippen LogP contribution is -2.54. The number of nitrogens with zero attached hydrogens (tertiary/aromatic N) is 5. The van der Waals surface area contributed by atoms with Crippen molar-refractivity contribution in [2.24, 2.45) is 0 Å². The van der Waals surface area contributed by atoms with Gasteiger partial charge < -0.3 is 9.80 Å². The van der Waals surface area contributed by atoms with E-state index in [0.29, 0.717) is 18.8 Å². The Morgan fingerprint density at radius 3 is 2.51 bits per heavy atom. The molecule has 2 amide bonds. The van der Waals surface area contributed by atoms with Crippen molar-refractivity contribution in [2.75, 3.05) is 22.9 Å². The molecule has 2 aliphatic rings. The molecular formula is C28H32FN5O. The topological polar surface area (TPSA) is 52.6 Å². The summed E-state index contributed by atoms with van der Waals surface area (Å²) in [5.74, 6) is 0.0404. The fraction of sp³-hybridized carbons (Fsp3) is 0.393. The van der Waals surface area contributed by atoms with Crippen molar-refractivity contribution in [1.29, 1.82) is 0 Å². The quantitative estimate of drug-likeness (QED) is 0.480. The van der Waals surface area contributed by atoms with Gasteiger partial charge in [-0.05, 0) is 48.9 Å². The third-order valence-corrected chi connectivity index (χ3v) is 7.17. The number of anilines is 2. The Labute approximate surface area is 206 Å². The number of aromatic nitrogens is 2. The van der Waals surface area contributed by atoms with Gasteiger partial charge in [-0.3, -0.25) is 14.9 Å². The molecule has 1 fully saturated rings. The fourth-order valence-corrected chi connectivity index (χ4v) is 5.41. The van der Waals surface area contributed by atoms with E-state index in [1.54, 1.807) is 18.5 Å². The number of piperidine rings is 1. The molecule has 2 aromatic carbocycles. The zero-order chi connectivity index (χ0) is 24.5. The maximum Gasteiger partial charge on any atom is 0.325 e. The molecule has 0 unspecified atom stereocenters. The summed E-state index contributed by atoms with van der Waals surface area (Å²) in [7, 11) is 0. The van der Waals surface area contributed by atoms with Gasteiger partial charge in [0.2, 0.25) is 0 Å². The SMILES string of the molecule is Cc1cccc(F)c1N1CCC(N2Cc3ccccc3N(Cc3nccnc3C(C)C)C2=O)CC1. The second kappa shape index (κ2) is 9.64. The molecule has 3 aromatic rings. The van der Waals surface area contributed by atoms with Crippen molar-refractivity contribution in [3.63, 3.8) is 0 Å². The van der Waals surface area contributed by atoms with Crippen LogP contribution in [0.1, 0.15) is 55.1 Å². The van der Waals surface area contributed by atoms with Crippen LogP contribution in [0.4, 0.5) is 20.6 Å². The number of fused-ring (bicyclic) bond motifs is 1. The molecule has 0 bridgehead atoms. The Bertz CT molecular complexity index is 1200. The van der Waals surface area contributed by atoms with E-state index in [0.717, 1.165) is 54.1 Å². The minimum absolute atomic E-state index is 0.00424. The van der Waals surface area contributed by atoms with Gasteiger partial charge in [0.1, 0.15) is 5.82 Å². The minimum Gasteiger partial charge on any atom is -0.369 e. The maximum atomic E-state index is 14.5. The predicted octanol–water partition coefficient (Wildman–Crippen LogP) is 5.66. The Morgan fingerprint density at radius 2 is 1.77 bits per heavy atom. The van der Waals surface area contributed by atoms with E-state index in [1.165, 1.54) is 6.07 Å². The first-order valence-electron chi connectivity index (χ1n) is 12.4. The molecule has 2 aliphatic heterocycles. The first-order chi connectivity index (χ1) is 16.9. The molecule has 5 rings (SSSR count). The van der Waals surface area contributed by atoms with E-state index in [9.17, 15) is 9.18 Å². The summed E-state index contributed by atoms with van der Waals surface area (Å²) in [6, 6.07) is 13.4. The van der Waals surface area contributed by atoms with Crippen molar-refractivity contribution >= 4 is 17.4 Å². The Hall–Kier alpha value is -3.48. The van der Waals surface area contributed by atoms with Crippen LogP contribution in [0.15, 0.2) is 54.9 Å². The largest absolute Gasteiger partial charge is 0.369 e. The monoisotopic (exact) mass is 473 g/mol. The van der Waals surface area contributed by atoms with Crippen LogP contribution >= 0.6 is 0 Å². The summed E-state index contributed by atoms with van der Waals surface area (Å²) in [4.78, 5) is 28.9. The molecule has 7 heteroatoms. The van der Waals surface area contributed by atoms with Gasteiger partial charge in [0.25, 0.3) is 0 Å². The highest BCUT2D eigenvalue weighted by Crippen LogP contribution is 2.35. The van der Waals surface area contributed by atoms with Gasteiger partial charge in [0.05, 0.1) is 29.3 Å². The van der Waals surface area contributed by atoms with E-state index >= 15 is 0 Å². The number of hydrogen-bond acceptors (Lipinski definition) is 4. The maximum absolute atomic E-state index is 14.5. The molecule has 0 radical (unpaired) electrons. The number of urea groups is 1. The third-order valence-electron chi connectivity index (χ3n) is 7.17. The first-order valence-corrected chi connectivity index (χ1v) is 12.4. The highest BCUT2D eigenvalue weighted by molar-refractivity contribution is 5.95. The molecule has 182 valence electrons. The number of hydrogen-bond donors (Lipinski definition) is 0. The van der Waals surface area contributed by atoms with Crippen LogP contribution in [-0.4, -0.2) is 40.0 Å². The summed E-state index contributed by atoms with van der Waals surface area (Å²) in [5.41, 5.74) is 5.46. The smallest absolute Gasteiger partial charge is 0.325 e. The summed E-state index contributed by atoms with van der Waals surface area (Å²) < 4.78 is 14.5. The van der Waals surface area contributed by atoms with E-state index in [1.807, 2.05) is 41.0 Å². The molecule has 0 N–H and O–H groups in total. The third kappa shape index (κ3) is 4.47. The summed E-state index contributed by atoms with van der Waals surface area (Å²) >= 11 is 0. The zero-order valence-electron chi connectivity index (χ0n) is 20.6. The number of benzene rings is 2. The van der Waals surface area contributed by atoms with Crippen LogP contribution in [0, 0.1) is 12.7 Å². The molecule has 0 spiro atoms. The molecular weight excluding hydrogens is 441 g/mol. The lowest BCUT2D eigenvalue weighted by Gasteiger charge is -2.44. The number of para-hydroxylation sites is 2. The molecule has 1 saturated heterocycles.